The third kappa shape index (κ3) is 4.71. The monoisotopic (exact) mass is 644 g/mol. The fourth-order valence-electron chi connectivity index (χ4n) is 7.49. The SMILES string of the molecule is c1ccc(C2N=C(c3cccc4c3oc3ccc(-c5ccc6c7ccccc7n(-c7ccccc7)c6c5)cc34)NC(c3ccccc3)N2)cc1. The van der Waals surface area contributed by atoms with Gasteiger partial charge in [0.1, 0.15) is 29.3 Å². The molecule has 0 saturated carbocycles. The van der Waals surface area contributed by atoms with Crippen LogP contribution in [0.4, 0.5) is 0 Å². The number of rotatable bonds is 5. The number of nitrogens with one attached hydrogen (secondary N) is 2. The van der Waals surface area contributed by atoms with Crippen molar-refractivity contribution in [3.8, 4) is 16.8 Å². The largest absolute Gasteiger partial charge is 0.455 e. The Bertz CT molecular complexity index is 2710. The van der Waals surface area contributed by atoms with Gasteiger partial charge in [-0.15, -0.1) is 0 Å². The molecule has 9 aromatic rings. The van der Waals surface area contributed by atoms with Crippen LogP contribution in [0.2, 0.25) is 0 Å². The van der Waals surface area contributed by atoms with Crippen molar-refractivity contribution in [3.05, 3.63) is 187 Å². The van der Waals surface area contributed by atoms with E-state index in [1.165, 1.54) is 21.8 Å². The smallest absolute Gasteiger partial charge is 0.146 e. The number of furan rings is 1. The molecule has 0 amide bonds. The number of hydrogen-bond acceptors (Lipinski definition) is 4. The van der Waals surface area contributed by atoms with Gasteiger partial charge in [-0.1, -0.05) is 127 Å². The lowest BCUT2D eigenvalue weighted by Gasteiger charge is -2.32. The molecule has 1 aliphatic rings. The van der Waals surface area contributed by atoms with Crippen LogP contribution in [0.25, 0.3) is 60.6 Å². The van der Waals surface area contributed by atoms with E-state index in [2.05, 4.69) is 173 Å². The molecule has 0 saturated heterocycles. The first-order chi connectivity index (χ1) is 24.8. The summed E-state index contributed by atoms with van der Waals surface area (Å²) in [5.74, 6) is 0.801. The number of fused-ring (bicyclic) bond motifs is 6. The molecule has 5 nitrogen and oxygen atoms in total. The van der Waals surface area contributed by atoms with E-state index in [-0.39, 0.29) is 12.3 Å². The molecule has 10 rings (SSSR count). The Kier molecular flexibility index (Phi) is 6.64. The van der Waals surface area contributed by atoms with Crippen LogP contribution in [-0.2, 0) is 0 Å². The van der Waals surface area contributed by atoms with Gasteiger partial charge < -0.3 is 14.3 Å². The number of hydrogen-bond donors (Lipinski definition) is 2. The number of aliphatic imine (C=N–C) groups is 1. The molecule has 2 N–H and O–H groups in total. The Balaban J connectivity index is 1.10. The van der Waals surface area contributed by atoms with Crippen molar-refractivity contribution < 1.29 is 4.42 Å². The highest BCUT2D eigenvalue weighted by molar-refractivity contribution is 6.16. The zero-order chi connectivity index (χ0) is 33.0. The Morgan fingerprint density at radius 3 is 2.00 bits per heavy atom. The topological polar surface area (TPSA) is 54.5 Å². The zero-order valence-corrected chi connectivity index (χ0v) is 27.1. The lowest BCUT2D eigenvalue weighted by atomic mass is 10.0. The minimum atomic E-state index is -0.217. The van der Waals surface area contributed by atoms with Crippen LogP contribution < -0.4 is 10.6 Å². The summed E-state index contributed by atoms with van der Waals surface area (Å²) in [6.07, 6.45) is -0.341. The van der Waals surface area contributed by atoms with E-state index < -0.39 is 0 Å². The Morgan fingerprint density at radius 1 is 0.520 bits per heavy atom. The van der Waals surface area contributed by atoms with Crippen molar-refractivity contribution in [2.24, 2.45) is 4.99 Å². The number of nitrogens with zero attached hydrogens (tertiary/aromatic N) is 2. The predicted octanol–water partition coefficient (Wildman–Crippen LogP) is 10.7. The molecule has 0 spiro atoms. The number of amidine groups is 1. The van der Waals surface area contributed by atoms with Crippen molar-refractivity contribution in [2.75, 3.05) is 0 Å². The normalized spacial score (nSPS) is 16.2. The molecular weight excluding hydrogens is 613 g/mol. The summed E-state index contributed by atoms with van der Waals surface area (Å²) in [4.78, 5) is 5.20. The van der Waals surface area contributed by atoms with E-state index in [1.807, 2.05) is 12.1 Å². The van der Waals surface area contributed by atoms with Gasteiger partial charge in [0.15, 0.2) is 0 Å². The molecule has 0 aliphatic carbocycles. The molecule has 2 aromatic heterocycles. The van der Waals surface area contributed by atoms with E-state index in [4.69, 9.17) is 9.41 Å². The predicted molar refractivity (Wildman–Crippen MR) is 205 cm³/mol. The average Bonchev–Trinajstić information content (AvgIpc) is 3.74. The van der Waals surface area contributed by atoms with Crippen molar-refractivity contribution in [1.82, 2.24) is 15.2 Å². The van der Waals surface area contributed by atoms with Crippen LogP contribution in [0.15, 0.2) is 179 Å². The van der Waals surface area contributed by atoms with Gasteiger partial charge in [-0.2, -0.15) is 0 Å². The van der Waals surface area contributed by atoms with Crippen LogP contribution in [-0.4, -0.2) is 10.4 Å². The molecule has 0 bridgehead atoms. The van der Waals surface area contributed by atoms with E-state index >= 15 is 0 Å². The highest BCUT2D eigenvalue weighted by atomic mass is 16.3. The second kappa shape index (κ2) is 11.6. The molecule has 50 heavy (non-hydrogen) atoms. The van der Waals surface area contributed by atoms with Gasteiger partial charge in [-0.05, 0) is 64.7 Å². The molecule has 0 fully saturated rings. The van der Waals surface area contributed by atoms with E-state index in [0.29, 0.717) is 0 Å². The van der Waals surface area contributed by atoms with Crippen LogP contribution in [0.3, 0.4) is 0 Å². The number of para-hydroxylation sites is 3. The molecule has 0 radical (unpaired) electrons. The van der Waals surface area contributed by atoms with Crippen LogP contribution >= 0.6 is 0 Å². The van der Waals surface area contributed by atoms with Crippen molar-refractivity contribution >= 4 is 49.6 Å². The zero-order valence-electron chi connectivity index (χ0n) is 27.1. The van der Waals surface area contributed by atoms with E-state index in [0.717, 1.165) is 61.3 Å². The Hall–Kier alpha value is -6.43. The third-order valence-electron chi connectivity index (χ3n) is 9.89. The maximum absolute atomic E-state index is 6.65. The highest BCUT2D eigenvalue weighted by Gasteiger charge is 2.27. The molecule has 7 aromatic carbocycles. The summed E-state index contributed by atoms with van der Waals surface area (Å²) in [5.41, 5.74) is 10.7. The first-order valence-corrected chi connectivity index (χ1v) is 17.0. The summed E-state index contributed by atoms with van der Waals surface area (Å²) in [6.45, 7) is 0. The third-order valence-corrected chi connectivity index (χ3v) is 9.89. The second-order valence-corrected chi connectivity index (χ2v) is 12.9. The fraction of sp³-hybridized carbons (Fsp3) is 0.0444. The lowest BCUT2D eigenvalue weighted by Crippen LogP contribution is -2.45. The van der Waals surface area contributed by atoms with Crippen molar-refractivity contribution in [2.45, 2.75) is 12.3 Å². The molecule has 238 valence electrons. The molecule has 2 unspecified atom stereocenters. The first-order valence-electron chi connectivity index (χ1n) is 17.0. The standard InChI is InChI=1S/C45H32N4O/c1-4-13-29(14-5-1)43-46-44(30-15-6-2-7-16-30)48-45(47-43)37-21-12-20-36-38-27-31(24-26-41(38)50-42(36)37)32-23-25-35-34-19-10-11-22-39(34)49(40(35)28-32)33-17-8-3-9-18-33/h1-28,43-44,46H,(H,47,48). The van der Waals surface area contributed by atoms with E-state index in [1.54, 1.807) is 0 Å². The molecule has 3 heterocycles. The van der Waals surface area contributed by atoms with Crippen LogP contribution in [0.1, 0.15) is 29.0 Å². The van der Waals surface area contributed by atoms with Gasteiger partial charge in [0, 0.05) is 27.2 Å². The van der Waals surface area contributed by atoms with Gasteiger partial charge in [0.05, 0.1) is 16.6 Å². The van der Waals surface area contributed by atoms with Gasteiger partial charge in [0.2, 0.25) is 0 Å². The Labute approximate surface area is 289 Å². The Morgan fingerprint density at radius 2 is 1.18 bits per heavy atom. The minimum absolute atomic E-state index is 0.124. The first kappa shape index (κ1) is 28.6. The van der Waals surface area contributed by atoms with Crippen LogP contribution in [0, 0.1) is 0 Å². The minimum Gasteiger partial charge on any atom is -0.455 e. The molecule has 1 aliphatic heterocycles. The number of benzene rings is 7. The summed E-state index contributed by atoms with van der Waals surface area (Å²) in [7, 11) is 0. The quantitative estimate of drug-likeness (QED) is 0.196. The second-order valence-electron chi connectivity index (χ2n) is 12.9. The number of aromatic nitrogens is 1. The summed E-state index contributed by atoms with van der Waals surface area (Å²) < 4.78 is 9.02. The van der Waals surface area contributed by atoms with Crippen molar-refractivity contribution in [3.63, 3.8) is 0 Å². The maximum Gasteiger partial charge on any atom is 0.146 e. The van der Waals surface area contributed by atoms with Gasteiger partial charge in [0.25, 0.3) is 0 Å². The maximum atomic E-state index is 6.65. The molecule has 5 heteroatoms. The highest BCUT2D eigenvalue weighted by Crippen LogP contribution is 2.38. The summed E-state index contributed by atoms with van der Waals surface area (Å²) in [5, 5.41) is 12.0. The summed E-state index contributed by atoms with van der Waals surface area (Å²) in [6, 6.07) is 59.8. The van der Waals surface area contributed by atoms with Gasteiger partial charge in [-0.3, -0.25) is 5.32 Å². The summed E-state index contributed by atoms with van der Waals surface area (Å²) >= 11 is 0. The van der Waals surface area contributed by atoms with Gasteiger partial charge in [-0.25, -0.2) is 4.99 Å². The molecule has 2 atom stereocenters. The van der Waals surface area contributed by atoms with Crippen LogP contribution in [0.5, 0.6) is 0 Å². The fourth-order valence-corrected chi connectivity index (χ4v) is 7.49. The lowest BCUT2D eigenvalue weighted by molar-refractivity contribution is 0.409. The average molecular weight is 645 g/mol. The van der Waals surface area contributed by atoms with E-state index in [9.17, 15) is 0 Å². The molecular formula is C45H32N4O. The van der Waals surface area contributed by atoms with Gasteiger partial charge >= 0.3 is 0 Å². The van der Waals surface area contributed by atoms with Crippen molar-refractivity contribution in [1.29, 1.82) is 0 Å².